The van der Waals surface area contributed by atoms with Gasteiger partial charge >= 0.3 is 0 Å². The molecule has 1 unspecified atom stereocenters. The van der Waals surface area contributed by atoms with Gasteiger partial charge in [0.05, 0.1) is 17.1 Å². The van der Waals surface area contributed by atoms with Gasteiger partial charge in [-0.15, -0.1) is 0 Å². The Labute approximate surface area is 188 Å². The molecule has 1 atom stereocenters. The molecule has 32 heavy (non-hydrogen) atoms. The molecule has 0 radical (unpaired) electrons. The molecule has 0 aliphatic heterocycles. The highest BCUT2D eigenvalue weighted by Crippen LogP contribution is 2.23. The molecule has 2 heterocycles. The zero-order chi connectivity index (χ0) is 22.8. The maximum atomic E-state index is 12.7. The lowest BCUT2D eigenvalue weighted by Gasteiger charge is -2.12. The molecule has 1 amide bonds. The van der Waals surface area contributed by atoms with Crippen molar-refractivity contribution in [3.63, 3.8) is 0 Å². The Morgan fingerprint density at radius 2 is 1.91 bits per heavy atom. The molecule has 2 N–H and O–H groups in total. The van der Waals surface area contributed by atoms with Crippen molar-refractivity contribution in [2.24, 2.45) is 0 Å². The van der Waals surface area contributed by atoms with Crippen LogP contribution in [-0.4, -0.2) is 36.7 Å². The van der Waals surface area contributed by atoms with Gasteiger partial charge in [0.15, 0.2) is 16.6 Å². The summed E-state index contributed by atoms with van der Waals surface area (Å²) in [6, 6.07) is 14.5. The second kappa shape index (κ2) is 8.80. The van der Waals surface area contributed by atoms with E-state index in [0.29, 0.717) is 27.4 Å². The summed E-state index contributed by atoms with van der Waals surface area (Å²) in [6.07, 6.45) is 1.48. The topological polar surface area (TPSA) is 110 Å². The van der Waals surface area contributed by atoms with Crippen LogP contribution >= 0.6 is 11.8 Å². The van der Waals surface area contributed by atoms with Crippen molar-refractivity contribution in [1.29, 1.82) is 0 Å². The predicted octanol–water partition coefficient (Wildman–Crippen LogP) is 3.74. The minimum Gasteiger partial charge on any atom is -0.325 e. The Balaban J connectivity index is 1.57. The fraction of sp³-hybridized carbons (Fsp3) is 0.174. The summed E-state index contributed by atoms with van der Waals surface area (Å²) < 4.78 is 1.60. The molecule has 0 spiro atoms. The second-order valence-corrected chi connectivity index (χ2v) is 8.72. The highest BCUT2D eigenvalue weighted by atomic mass is 32.2. The van der Waals surface area contributed by atoms with Gasteiger partial charge in [0.25, 0.3) is 5.56 Å². The monoisotopic (exact) mass is 447 g/mol. The molecular formula is C23H21N5O3S. The summed E-state index contributed by atoms with van der Waals surface area (Å²) in [4.78, 5) is 44.0. The molecule has 0 bridgehead atoms. The number of amides is 1. The largest absolute Gasteiger partial charge is 0.325 e. The van der Waals surface area contributed by atoms with E-state index in [4.69, 9.17) is 0 Å². The quantitative estimate of drug-likeness (QED) is 0.265. The first-order valence-electron chi connectivity index (χ1n) is 9.95. The molecule has 0 saturated heterocycles. The lowest BCUT2D eigenvalue weighted by atomic mass is 10.1. The number of thioether (sulfide) groups is 1. The van der Waals surface area contributed by atoms with Crippen LogP contribution in [0, 0.1) is 6.92 Å². The number of nitrogens with zero attached hydrogens (tertiary/aromatic N) is 3. The number of Topliss-reactive ketones (excluding diaryl/α,β-unsaturated/α-hetero) is 1. The molecule has 4 aromatic rings. The molecular weight excluding hydrogens is 426 g/mol. The number of nitrogens with one attached hydrogen (secondary N) is 2. The second-order valence-electron chi connectivity index (χ2n) is 7.39. The number of hydrogen-bond acceptors (Lipinski definition) is 6. The van der Waals surface area contributed by atoms with Gasteiger partial charge in [-0.3, -0.25) is 14.4 Å². The summed E-state index contributed by atoms with van der Waals surface area (Å²) in [7, 11) is 0. The number of hydrogen-bond donors (Lipinski definition) is 2. The first-order valence-corrected chi connectivity index (χ1v) is 10.8. The van der Waals surface area contributed by atoms with E-state index in [1.165, 1.54) is 13.1 Å². The number of benzene rings is 2. The number of H-pyrrole nitrogens is 1. The molecule has 4 rings (SSSR count). The fourth-order valence-electron chi connectivity index (χ4n) is 3.11. The summed E-state index contributed by atoms with van der Waals surface area (Å²) in [5.74, 6) is -0.353. The SMILES string of the molecule is CC(=O)c1cccc(NC(=O)C(C)Sc2nc3c(cnn3-c3ccc(C)cc3)c(=O)[nH]2)c1. The summed E-state index contributed by atoms with van der Waals surface area (Å²) in [5.41, 5.74) is 3.05. The van der Waals surface area contributed by atoms with Crippen molar-refractivity contribution >= 4 is 40.2 Å². The summed E-state index contributed by atoms with van der Waals surface area (Å²) in [6.45, 7) is 5.18. The Morgan fingerprint density at radius 1 is 1.16 bits per heavy atom. The van der Waals surface area contributed by atoms with Gasteiger partial charge < -0.3 is 10.3 Å². The third-order valence-corrected chi connectivity index (χ3v) is 5.87. The molecule has 8 nitrogen and oxygen atoms in total. The number of ketones is 1. The van der Waals surface area contributed by atoms with Crippen molar-refractivity contribution in [3.8, 4) is 5.69 Å². The van der Waals surface area contributed by atoms with Gasteiger partial charge in [0.1, 0.15) is 5.39 Å². The van der Waals surface area contributed by atoms with E-state index in [2.05, 4.69) is 20.4 Å². The van der Waals surface area contributed by atoms with Crippen LogP contribution in [0.4, 0.5) is 5.69 Å². The molecule has 2 aromatic heterocycles. The van der Waals surface area contributed by atoms with Crippen LogP contribution in [0.3, 0.4) is 0 Å². The minimum absolute atomic E-state index is 0.0798. The van der Waals surface area contributed by atoms with Crippen molar-refractivity contribution in [2.45, 2.75) is 31.2 Å². The number of anilines is 1. The summed E-state index contributed by atoms with van der Waals surface area (Å²) >= 11 is 1.13. The fourth-order valence-corrected chi connectivity index (χ4v) is 3.90. The van der Waals surface area contributed by atoms with Crippen LogP contribution in [0.1, 0.15) is 29.8 Å². The first kappa shape index (κ1) is 21.5. The van der Waals surface area contributed by atoms with E-state index < -0.39 is 5.25 Å². The van der Waals surface area contributed by atoms with Gasteiger partial charge in [-0.05, 0) is 45.0 Å². The number of rotatable bonds is 6. The van der Waals surface area contributed by atoms with E-state index in [1.807, 2.05) is 31.2 Å². The van der Waals surface area contributed by atoms with Crippen LogP contribution in [0.5, 0.6) is 0 Å². The Kier molecular flexibility index (Phi) is 5.91. The standard InChI is InChI=1S/C23H21N5O3S/c1-13-7-9-18(10-8-13)28-20-19(12-24-28)22(31)27-23(26-20)32-15(3)21(30)25-17-6-4-5-16(11-17)14(2)29/h4-12,15H,1-3H3,(H,25,30)(H,26,27,31). The number of aryl methyl sites for hydroxylation is 1. The van der Waals surface area contributed by atoms with Crippen LogP contribution in [0.15, 0.2) is 64.7 Å². The average molecular weight is 448 g/mol. The molecule has 0 aliphatic rings. The van der Waals surface area contributed by atoms with Crippen LogP contribution < -0.4 is 10.9 Å². The lowest BCUT2D eigenvalue weighted by Crippen LogP contribution is -2.23. The average Bonchev–Trinajstić information content (AvgIpc) is 3.19. The highest BCUT2D eigenvalue weighted by Gasteiger charge is 2.19. The molecule has 9 heteroatoms. The van der Waals surface area contributed by atoms with E-state index in [0.717, 1.165) is 23.0 Å². The minimum atomic E-state index is -0.549. The predicted molar refractivity (Wildman–Crippen MR) is 125 cm³/mol. The molecule has 0 fully saturated rings. The van der Waals surface area contributed by atoms with Crippen molar-refractivity contribution < 1.29 is 9.59 Å². The van der Waals surface area contributed by atoms with Crippen LogP contribution in [0.2, 0.25) is 0 Å². The normalized spacial score (nSPS) is 12.0. The molecule has 2 aromatic carbocycles. The Bertz CT molecular complexity index is 1370. The zero-order valence-electron chi connectivity index (χ0n) is 17.7. The van der Waals surface area contributed by atoms with Gasteiger partial charge in [0.2, 0.25) is 5.91 Å². The van der Waals surface area contributed by atoms with E-state index in [-0.39, 0.29) is 17.2 Å². The van der Waals surface area contributed by atoms with E-state index in [9.17, 15) is 14.4 Å². The van der Waals surface area contributed by atoms with Crippen LogP contribution in [0.25, 0.3) is 16.7 Å². The van der Waals surface area contributed by atoms with E-state index >= 15 is 0 Å². The first-order chi connectivity index (χ1) is 15.3. The van der Waals surface area contributed by atoms with Gasteiger partial charge in [-0.1, -0.05) is 41.6 Å². The molecule has 162 valence electrons. The maximum absolute atomic E-state index is 12.7. The van der Waals surface area contributed by atoms with Gasteiger partial charge in [-0.25, -0.2) is 9.67 Å². The van der Waals surface area contributed by atoms with Gasteiger partial charge in [0, 0.05) is 11.3 Å². The number of fused-ring (bicyclic) bond motifs is 1. The maximum Gasteiger partial charge on any atom is 0.262 e. The Hall–Kier alpha value is -3.72. The number of carbonyl (C=O) groups excluding carboxylic acids is 2. The third-order valence-electron chi connectivity index (χ3n) is 4.89. The van der Waals surface area contributed by atoms with Crippen molar-refractivity contribution in [2.75, 3.05) is 5.32 Å². The third kappa shape index (κ3) is 4.47. The number of carbonyl (C=O) groups is 2. The molecule has 0 aliphatic carbocycles. The van der Waals surface area contributed by atoms with Crippen molar-refractivity contribution in [3.05, 3.63) is 76.2 Å². The van der Waals surface area contributed by atoms with Crippen molar-refractivity contribution in [1.82, 2.24) is 19.7 Å². The van der Waals surface area contributed by atoms with Gasteiger partial charge in [-0.2, -0.15) is 5.10 Å². The van der Waals surface area contributed by atoms with E-state index in [1.54, 1.807) is 35.9 Å². The highest BCUT2D eigenvalue weighted by molar-refractivity contribution is 8.00. The lowest BCUT2D eigenvalue weighted by molar-refractivity contribution is -0.115. The molecule has 0 saturated carbocycles. The number of aromatic amines is 1. The smallest absolute Gasteiger partial charge is 0.262 e. The summed E-state index contributed by atoms with van der Waals surface area (Å²) in [5, 5.41) is 7.24. The number of aromatic nitrogens is 4. The zero-order valence-corrected chi connectivity index (χ0v) is 18.6. The van der Waals surface area contributed by atoms with Crippen LogP contribution in [-0.2, 0) is 4.79 Å². The Morgan fingerprint density at radius 3 is 2.62 bits per heavy atom.